The molecule has 0 bridgehead atoms. The molecule has 0 N–H and O–H groups in total. The van der Waals surface area contributed by atoms with Gasteiger partial charge in [0.05, 0.1) is 0 Å². The van der Waals surface area contributed by atoms with Crippen molar-refractivity contribution in [1.82, 2.24) is 0 Å². The Hall–Kier alpha value is -0.890. The molecular weight excluding hydrogens is 283 g/mol. The Bertz CT molecular complexity index is 532. The van der Waals surface area contributed by atoms with Crippen LogP contribution in [-0.4, -0.2) is 5.88 Å². The van der Waals surface area contributed by atoms with Gasteiger partial charge < -0.3 is 0 Å². The van der Waals surface area contributed by atoms with E-state index < -0.39 is 0 Å². The van der Waals surface area contributed by atoms with Crippen LogP contribution in [0.4, 0.5) is 0 Å². The van der Waals surface area contributed by atoms with Crippen molar-refractivity contribution in [2.24, 2.45) is 0 Å². The van der Waals surface area contributed by atoms with Gasteiger partial charge in [-0.15, -0.1) is 11.6 Å². The largest absolute Gasteiger partial charge is 0.122 e. The molecule has 0 aliphatic rings. The second-order valence-electron chi connectivity index (χ2n) is 3.65. The second kappa shape index (κ2) is 6.89. The van der Waals surface area contributed by atoms with Gasteiger partial charge in [-0.1, -0.05) is 53.7 Å². The number of benzene rings is 2. The van der Waals surface area contributed by atoms with Gasteiger partial charge in [-0.2, -0.15) is 0 Å². The maximum atomic E-state index is 5.88. The summed E-state index contributed by atoms with van der Waals surface area (Å²) in [7, 11) is 0. The fourth-order valence-electron chi connectivity index (χ4n) is 1.51. The molecule has 0 aliphatic carbocycles. The summed E-state index contributed by atoms with van der Waals surface area (Å²) in [6.45, 7) is 0. The highest BCUT2D eigenvalue weighted by Gasteiger charge is 2.01. The van der Waals surface area contributed by atoms with Crippen LogP contribution in [-0.2, 0) is 0 Å². The molecule has 0 nitrogen and oxygen atoms in total. The predicted octanol–water partition coefficient (Wildman–Crippen LogP) is 5.74. The number of allylic oxidation sites excluding steroid dienone is 1. The molecule has 0 aliphatic heterocycles. The molecule has 92 valence electrons. The fraction of sp³-hybridized carbons (Fsp3) is 0.0667. The minimum absolute atomic E-state index is 0.528. The Labute approximate surface area is 122 Å². The van der Waals surface area contributed by atoms with Gasteiger partial charge in [0.25, 0.3) is 0 Å². The van der Waals surface area contributed by atoms with Crippen LogP contribution in [0.1, 0.15) is 5.56 Å². The zero-order valence-electron chi connectivity index (χ0n) is 9.64. The number of hydrogen-bond donors (Lipinski definition) is 0. The predicted molar refractivity (Wildman–Crippen MR) is 81.8 cm³/mol. The fourth-order valence-corrected chi connectivity index (χ4v) is 2.65. The van der Waals surface area contributed by atoms with Crippen molar-refractivity contribution in [2.75, 3.05) is 5.88 Å². The Morgan fingerprint density at radius 2 is 1.72 bits per heavy atom. The summed E-state index contributed by atoms with van der Waals surface area (Å²) in [5.74, 6) is 0.528. The zero-order chi connectivity index (χ0) is 12.8. The van der Waals surface area contributed by atoms with Crippen molar-refractivity contribution in [2.45, 2.75) is 9.79 Å². The lowest BCUT2D eigenvalue weighted by molar-refractivity contribution is 1.38. The minimum atomic E-state index is 0.528. The van der Waals surface area contributed by atoms with E-state index >= 15 is 0 Å². The van der Waals surface area contributed by atoms with Crippen LogP contribution in [0.15, 0.2) is 64.4 Å². The summed E-state index contributed by atoms with van der Waals surface area (Å²) in [4.78, 5) is 2.38. The van der Waals surface area contributed by atoms with E-state index in [1.54, 1.807) is 11.8 Å². The normalized spacial score (nSPS) is 11.0. The molecule has 0 heterocycles. The van der Waals surface area contributed by atoms with Crippen LogP contribution in [0, 0.1) is 0 Å². The highest BCUT2D eigenvalue weighted by atomic mass is 35.5. The molecule has 0 atom stereocenters. The topological polar surface area (TPSA) is 0 Å². The van der Waals surface area contributed by atoms with Crippen molar-refractivity contribution in [1.29, 1.82) is 0 Å². The number of rotatable bonds is 4. The second-order valence-corrected chi connectivity index (χ2v) is 5.51. The van der Waals surface area contributed by atoms with Crippen LogP contribution in [0.2, 0.25) is 5.02 Å². The van der Waals surface area contributed by atoms with Crippen molar-refractivity contribution in [3.63, 3.8) is 0 Å². The van der Waals surface area contributed by atoms with Crippen LogP contribution < -0.4 is 0 Å². The molecule has 0 aromatic heterocycles. The summed E-state index contributed by atoms with van der Waals surface area (Å²) in [5.41, 5.74) is 1.18. The van der Waals surface area contributed by atoms with E-state index in [-0.39, 0.29) is 0 Å². The van der Waals surface area contributed by atoms with Crippen molar-refractivity contribution >= 4 is 41.0 Å². The smallest absolute Gasteiger partial charge is 0.0407 e. The Kier molecular flexibility index (Phi) is 5.18. The van der Waals surface area contributed by atoms with E-state index in [1.165, 1.54) is 15.4 Å². The van der Waals surface area contributed by atoms with E-state index in [2.05, 4.69) is 12.1 Å². The molecular formula is C15H12Cl2S. The van der Waals surface area contributed by atoms with Gasteiger partial charge in [-0.25, -0.2) is 0 Å². The molecule has 18 heavy (non-hydrogen) atoms. The first kappa shape index (κ1) is 13.5. The van der Waals surface area contributed by atoms with E-state index in [0.717, 1.165) is 5.02 Å². The molecule has 0 spiro atoms. The van der Waals surface area contributed by atoms with Crippen molar-refractivity contribution < 1.29 is 0 Å². The van der Waals surface area contributed by atoms with Crippen molar-refractivity contribution in [3.05, 3.63) is 65.2 Å². The van der Waals surface area contributed by atoms with E-state index in [0.29, 0.717) is 5.88 Å². The maximum absolute atomic E-state index is 5.88. The molecule has 0 saturated carbocycles. The van der Waals surface area contributed by atoms with E-state index in [9.17, 15) is 0 Å². The first-order chi connectivity index (χ1) is 8.79. The number of hydrogen-bond acceptors (Lipinski definition) is 1. The maximum Gasteiger partial charge on any atom is 0.0407 e. The molecule has 3 heteroatoms. The average Bonchev–Trinajstić information content (AvgIpc) is 2.40. The molecule has 2 rings (SSSR count). The SMILES string of the molecule is ClC/C=C/c1ccccc1Sc1ccc(Cl)cc1. The van der Waals surface area contributed by atoms with Crippen LogP contribution in [0.25, 0.3) is 6.08 Å². The van der Waals surface area contributed by atoms with Crippen LogP contribution in [0.5, 0.6) is 0 Å². The minimum Gasteiger partial charge on any atom is -0.122 e. The summed E-state index contributed by atoms with van der Waals surface area (Å²) < 4.78 is 0. The molecule has 2 aromatic rings. The third kappa shape index (κ3) is 3.81. The molecule has 0 amide bonds. The summed E-state index contributed by atoms with van der Waals surface area (Å²) >= 11 is 13.3. The van der Waals surface area contributed by atoms with Gasteiger partial charge in [0, 0.05) is 20.7 Å². The van der Waals surface area contributed by atoms with Gasteiger partial charge in [0.1, 0.15) is 0 Å². The zero-order valence-corrected chi connectivity index (χ0v) is 12.0. The van der Waals surface area contributed by atoms with Gasteiger partial charge in [0.2, 0.25) is 0 Å². The number of halogens is 2. The third-order valence-electron chi connectivity index (χ3n) is 2.35. The molecule has 0 unspecified atom stereocenters. The number of alkyl halides is 1. The average molecular weight is 295 g/mol. The quantitative estimate of drug-likeness (QED) is 0.648. The third-order valence-corrected chi connectivity index (χ3v) is 3.88. The molecule has 2 aromatic carbocycles. The lowest BCUT2D eigenvalue weighted by atomic mass is 10.2. The monoisotopic (exact) mass is 294 g/mol. The molecule has 0 saturated heterocycles. The highest BCUT2D eigenvalue weighted by Crippen LogP contribution is 2.31. The Morgan fingerprint density at radius 1 is 1.00 bits per heavy atom. The Morgan fingerprint density at radius 3 is 2.44 bits per heavy atom. The van der Waals surface area contributed by atoms with Gasteiger partial charge >= 0.3 is 0 Å². The highest BCUT2D eigenvalue weighted by molar-refractivity contribution is 7.99. The lowest BCUT2D eigenvalue weighted by Crippen LogP contribution is -1.79. The summed E-state index contributed by atoms with van der Waals surface area (Å²) in [6, 6.07) is 16.1. The summed E-state index contributed by atoms with van der Waals surface area (Å²) in [5, 5.41) is 0.759. The van der Waals surface area contributed by atoms with Gasteiger partial charge in [-0.3, -0.25) is 0 Å². The van der Waals surface area contributed by atoms with Crippen LogP contribution >= 0.6 is 35.0 Å². The lowest BCUT2D eigenvalue weighted by Gasteiger charge is -2.05. The first-order valence-corrected chi connectivity index (χ1v) is 7.27. The Balaban J connectivity index is 2.23. The standard InChI is InChI=1S/C15H12Cl2S/c16-11-3-5-12-4-1-2-6-15(12)18-14-9-7-13(17)8-10-14/h1-10H,11H2/b5-3+. The van der Waals surface area contributed by atoms with E-state index in [1.807, 2.05) is 48.6 Å². The molecule has 0 radical (unpaired) electrons. The van der Waals surface area contributed by atoms with Gasteiger partial charge in [-0.05, 0) is 35.9 Å². The van der Waals surface area contributed by atoms with E-state index in [4.69, 9.17) is 23.2 Å². The van der Waals surface area contributed by atoms with Gasteiger partial charge in [0.15, 0.2) is 0 Å². The summed E-state index contributed by atoms with van der Waals surface area (Å²) in [6.07, 6.45) is 3.99. The molecule has 0 fully saturated rings. The first-order valence-electron chi connectivity index (χ1n) is 5.54. The van der Waals surface area contributed by atoms with Crippen LogP contribution in [0.3, 0.4) is 0 Å². The van der Waals surface area contributed by atoms with Crippen molar-refractivity contribution in [3.8, 4) is 0 Å².